The maximum Gasteiger partial charge on any atom is 0.335 e. The highest BCUT2D eigenvalue weighted by Gasteiger charge is 2.20. The van der Waals surface area contributed by atoms with Gasteiger partial charge >= 0.3 is 11.7 Å². The van der Waals surface area contributed by atoms with Crippen LogP contribution in [0.25, 0.3) is 0 Å². The van der Waals surface area contributed by atoms with Crippen molar-refractivity contribution < 1.29 is 19.6 Å². The molecule has 0 spiro atoms. The summed E-state index contributed by atoms with van der Waals surface area (Å²) in [7, 11) is 0. The summed E-state index contributed by atoms with van der Waals surface area (Å²) in [6.07, 6.45) is 1.26. The molecule has 0 amide bonds. The molecule has 0 saturated heterocycles. The molecular formula is C13H9BrN2O5. The van der Waals surface area contributed by atoms with Gasteiger partial charge in [0.25, 0.3) is 0 Å². The van der Waals surface area contributed by atoms with Crippen LogP contribution < -0.4 is 4.74 Å². The number of nitro groups is 1. The van der Waals surface area contributed by atoms with Crippen LogP contribution in [0.5, 0.6) is 11.6 Å². The van der Waals surface area contributed by atoms with Crippen LogP contribution in [0.4, 0.5) is 5.69 Å². The third kappa shape index (κ3) is 3.34. The van der Waals surface area contributed by atoms with Gasteiger partial charge in [-0.2, -0.15) is 0 Å². The highest BCUT2D eigenvalue weighted by atomic mass is 79.9. The van der Waals surface area contributed by atoms with E-state index in [4.69, 9.17) is 9.84 Å². The van der Waals surface area contributed by atoms with Crippen LogP contribution >= 0.6 is 15.9 Å². The summed E-state index contributed by atoms with van der Waals surface area (Å²) in [5.74, 6) is -1.13. The highest BCUT2D eigenvalue weighted by molar-refractivity contribution is 9.10. The first-order valence-electron chi connectivity index (χ1n) is 5.70. The molecule has 0 bridgehead atoms. The van der Waals surface area contributed by atoms with Gasteiger partial charge in [0, 0.05) is 28.4 Å². The maximum atomic E-state index is 11.1. The predicted octanol–water partition coefficient (Wildman–Crippen LogP) is 3.55. The minimum Gasteiger partial charge on any atom is -0.478 e. The first kappa shape index (κ1) is 14.9. The van der Waals surface area contributed by atoms with E-state index in [0.29, 0.717) is 10.0 Å². The van der Waals surface area contributed by atoms with Crippen LogP contribution in [0.3, 0.4) is 0 Å². The summed E-state index contributed by atoms with van der Waals surface area (Å²) >= 11 is 3.18. The minimum absolute atomic E-state index is 0.0163. The Morgan fingerprint density at radius 3 is 2.76 bits per heavy atom. The molecule has 2 rings (SSSR count). The molecule has 0 aliphatic rings. The van der Waals surface area contributed by atoms with Crippen molar-refractivity contribution >= 4 is 27.6 Å². The SMILES string of the molecule is Cc1cc(Br)cc([N+](=O)[O-])c1Oc1cc(C(=O)O)ccn1. The Kier molecular flexibility index (Phi) is 4.18. The van der Waals surface area contributed by atoms with Gasteiger partial charge < -0.3 is 9.84 Å². The molecule has 0 aliphatic carbocycles. The number of rotatable bonds is 4. The second kappa shape index (κ2) is 5.88. The number of carboxylic acids is 1. The minimum atomic E-state index is -1.13. The molecule has 0 atom stereocenters. The number of ether oxygens (including phenoxy) is 1. The molecule has 1 heterocycles. The Balaban J connectivity index is 2.46. The molecule has 0 fully saturated rings. The van der Waals surface area contributed by atoms with Gasteiger partial charge in [0.05, 0.1) is 10.5 Å². The van der Waals surface area contributed by atoms with Crippen molar-refractivity contribution in [3.05, 3.63) is 56.2 Å². The molecule has 0 saturated carbocycles. The van der Waals surface area contributed by atoms with Crippen LogP contribution in [0.2, 0.25) is 0 Å². The van der Waals surface area contributed by atoms with Gasteiger partial charge in [-0.3, -0.25) is 10.1 Å². The number of aromatic carboxylic acids is 1. The van der Waals surface area contributed by atoms with E-state index >= 15 is 0 Å². The number of aryl methyl sites for hydroxylation is 1. The fourth-order valence-corrected chi connectivity index (χ4v) is 2.24. The van der Waals surface area contributed by atoms with Crippen molar-refractivity contribution in [3.63, 3.8) is 0 Å². The monoisotopic (exact) mass is 352 g/mol. The summed E-state index contributed by atoms with van der Waals surface area (Å²) in [6.45, 7) is 1.65. The number of aromatic nitrogens is 1. The van der Waals surface area contributed by atoms with Crippen molar-refractivity contribution in [2.75, 3.05) is 0 Å². The molecule has 1 N–H and O–H groups in total. The Labute approximate surface area is 127 Å². The van der Waals surface area contributed by atoms with Crippen LogP contribution in [0.1, 0.15) is 15.9 Å². The Hall–Kier alpha value is -2.48. The second-order valence-electron chi connectivity index (χ2n) is 4.12. The number of carboxylic acid groups (broad SMARTS) is 1. The van der Waals surface area contributed by atoms with Crippen molar-refractivity contribution in [2.24, 2.45) is 0 Å². The molecule has 0 aliphatic heterocycles. The van der Waals surface area contributed by atoms with Gasteiger partial charge in [0.15, 0.2) is 0 Å². The zero-order valence-corrected chi connectivity index (χ0v) is 12.3. The lowest BCUT2D eigenvalue weighted by molar-refractivity contribution is -0.385. The normalized spacial score (nSPS) is 10.2. The second-order valence-corrected chi connectivity index (χ2v) is 5.03. The van der Waals surface area contributed by atoms with Gasteiger partial charge in [0.1, 0.15) is 0 Å². The zero-order valence-electron chi connectivity index (χ0n) is 10.7. The number of nitrogens with zero attached hydrogens (tertiary/aromatic N) is 2. The van der Waals surface area contributed by atoms with E-state index in [1.54, 1.807) is 13.0 Å². The largest absolute Gasteiger partial charge is 0.478 e. The summed E-state index contributed by atoms with van der Waals surface area (Å²) < 4.78 is 5.96. The Bertz CT molecular complexity index is 732. The van der Waals surface area contributed by atoms with E-state index in [-0.39, 0.29) is 22.9 Å². The van der Waals surface area contributed by atoms with E-state index in [9.17, 15) is 14.9 Å². The third-order valence-electron chi connectivity index (χ3n) is 2.60. The lowest BCUT2D eigenvalue weighted by Gasteiger charge is -2.09. The van der Waals surface area contributed by atoms with Crippen LogP contribution in [-0.2, 0) is 0 Å². The van der Waals surface area contributed by atoms with Crippen LogP contribution in [0.15, 0.2) is 34.9 Å². The fraction of sp³-hybridized carbons (Fsp3) is 0.0769. The van der Waals surface area contributed by atoms with Gasteiger partial charge in [-0.05, 0) is 19.1 Å². The Morgan fingerprint density at radius 2 is 2.14 bits per heavy atom. The first-order valence-corrected chi connectivity index (χ1v) is 6.49. The molecule has 7 nitrogen and oxygen atoms in total. The number of hydrogen-bond donors (Lipinski definition) is 1. The zero-order chi connectivity index (χ0) is 15.6. The van der Waals surface area contributed by atoms with Crippen molar-refractivity contribution in [2.45, 2.75) is 6.92 Å². The maximum absolute atomic E-state index is 11.1. The van der Waals surface area contributed by atoms with Gasteiger partial charge in [0.2, 0.25) is 11.6 Å². The van der Waals surface area contributed by atoms with E-state index in [0.717, 1.165) is 0 Å². The van der Waals surface area contributed by atoms with E-state index in [1.807, 2.05) is 0 Å². The number of hydrogen-bond acceptors (Lipinski definition) is 5. The molecule has 0 unspecified atom stereocenters. The lowest BCUT2D eigenvalue weighted by atomic mass is 10.2. The topological polar surface area (TPSA) is 103 Å². The van der Waals surface area contributed by atoms with Crippen LogP contribution in [-0.4, -0.2) is 21.0 Å². The number of benzene rings is 1. The van der Waals surface area contributed by atoms with Gasteiger partial charge in [-0.15, -0.1) is 0 Å². The van der Waals surface area contributed by atoms with E-state index in [1.165, 1.54) is 24.4 Å². The van der Waals surface area contributed by atoms with E-state index in [2.05, 4.69) is 20.9 Å². The lowest BCUT2D eigenvalue weighted by Crippen LogP contribution is -2.00. The number of pyridine rings is 1. The predicted molar refractivity (Wildman–Crippen MR) is 76.8 cm³/mol. The molecule has 108 valence electrons. The number of halogens is 1. The first-order chi connectivity index (χ1) is 9.88. The molecule has 2 aromatic rings. The standard InChI is InChI=1S/C13H9BrN2O5/c1-7-4-9(14)6-10(16(19)20)12(7)21-11-5-8(13(17)18)2-3-15-11/h2-6H,1H3,(H,17,18). The van der Waals surface area contributed by atoms with Gasteiger partial charge in [-0.1, -0.05) is 15.9 Å². The number of nitro benzene ring substituents is 1. The summed E-state index contributed by atoms with van der Waals surface area (Å²) in [5, 5.41) is 20.0. The van der Waals surface area contributed by atoms with Gasteiger partial charge in [-0.25, -0.2) is 9.78 Å². The number of carbonyl (C=O) groups is 1. The molecule has 0 radical (unpaired) electrons. The molecule has 8 heteroatoms. The van der Waals surface area contributed by atoms with Crippen molar-refractivity contribution in [1.82, 2.24) is 4.98 Å². The summed E-state index contributed by atoms with van der Waals surface area (Å²) in [5.41, 5.74) is 0.278. The van der Waals surface area contributed by atoms with Crippen molar-refractivity contribution in [1.29, 1.82) is 0 Å². The third-order valence-corrected chi connectivity index (χ3v) is 3.06. The smallest absolute Gasteiger partial charge is 0.335 e. The van der Waals surface area contributed by atoms with Crippen LogP contribution in [0, 0.1) is 17.0 Å². The molecule has 1 aromatic heterocycles. The molecular weight excluding hydrogens is 344 g/mol. The average molecular weight is 353 g/mol. The van der Waals surface area contributed by atoms with E-state index < -0.39 is 10.9 Å². The Morgan fingerprint density at radius 1 is 1.43 bits per heavy atom. The summed E-state index contributed by atoms with van der Waals surface area (Å²) in [6, 6.07) is 5.47. The highest BCUT2D eigenvalue weighted by Crippen LogP contribution is 2.36. The quantitative estimate of drug-likeness (QED) is 0.666. The fourth-order valence-electron chi connectivity index (χ4n) is 1.68. The average Bonchev–Trinajstić information content (AvgIpc) is 2.41. The van der Waals surface area contributed by atoms with Crippen molar-refractivity contribution in [3.8, 4) is 11.6 Å². The molecule has 1 aromatic carbocycles. The summed E-state index contributed by atoms with van der Waals surface area (Å²) in [4.78, 5) is 25.3. The molecule has 21 heavy (non-hydrogen) atoms.